The Morgan fingerprint density at radius 3 is 2.84 bits per heavy atom. The first-order valence-corrected chi connectivity index (χ1v) is 8.25. The van der Waals surface area contributed by atoms with Gasteiger partial charge in [0, 0.05) is 12.8 Å². The number of aromatic nitrogens is 4. The summed E-state index contributed by atoms with van der Waals surface area (Å²) in [4.78, 5) is 12.6. The zero-order valence-corrected chi connectivity index (χ0v) is 13.9. The van der Waals surface area contributed by atoms with E-state index in [1.54, 1.807) is 17.1 Å². The van der Waals surface area contributed by atoms with Gasteiger partial charge in [0.25, 0.3) is 5.91 Å². The number of ether oxygens (including phenoxy) is 1. The number of benzene rings is 1. The molecule has 1 atom stereocenters. The Labute approximate surface area is 145 Å². The molecule has 0 bridgehead atoms. The molecular weight excluding hydrogens is 318 g/mol. The number of rotatable bonds is 4. The van der Waals surface area contributed by atoms with Crippen LogP contribution in [0.15, 0.2) is 48.9 Å². The molecule has 1 aliphatic rings. The van der Waals surface area contributed by atoms with Crippen LogP contribution in [0.3, 0.4) is 0 Å². The van der Waals surface area contributed by atoms with Crippen LogP contribution in [0.1, 0.15) is 28.5 Å². The molecule has 3 heterocycles. The predicted octanol–water partition coefficient (Wildman–Crippen LogP) is 2.59. The summed E-state index contributed by atoms with van der Waals surface area (Å²) in [5.41, 5.74) is 2.93. The number of para-hydroxylation sites is 1. The van der Waals surface area contributed by atoms with Crippen LogP contribution in [0.2, 0.25) is 0 Å². The highest BCUT2D eigenvalue weighted by molar-refractivity contribution is 6.04. The maximum Gasteiger partial charge on any atom is 0.259 e. The van der Waals surface area contributed by atoms with Crippen molar-refractivity contribution in [3.05, 3.63) is 60.2 Å². The van der Waals surface area contributed by atoms with E-state index >= 15 is 0 Å². The molecule has 3 aromatic rings. The Morgan fingerprint density at radius 2 is 2.08 bits per heavy atom. The lowest BCUT2D eigenvalue weighted by Crippen LogP contribution is -2.13. The maximum absolute atomic E-state index is 12.6. The standard InChI is InChI=1S/C18H19N5O2/c1-13-17(10-20-23(13)15-5-3-2-4-6-15)18(24)21-14-9-19-22(11-14)16-7-8-25-12-16/h2-6,9-11,16H,7-8,12H2,1H3,(H,21,24)/t16-/m0/s1. The van der Waals surface area contributed by atoms with Gasteiger partial charge in [-0.25, -0.2) is 4.68 Å². The highest BCUT2D eigenvalue weighted by Gasteiger charge is 2.20. The molecule has 1 amide bonds. The van der Waals surface area contributed by atoms with Crippen LogP contribution in [0.4, 0.5) is 5.69 Å². The second-order valence-electron chi connectivity index (χ2n) is 6.07. The molecule has 128 valence electrons. The monoisotopic (exact) mass is 337 g/mol. The number of hydrogen-bond donors (Lipinski definition) is 1. The first-order chi connectivity index (χ1) is 12.2. The van der Waals surface area contributed by atoms with E-state index in [1.165, 1.54) is 0 Å². The Kier molecular flexibility index (Phi) is 4.07. The molecule has 1 aliphatic heterocycles. The molecule has 0 unspecified atom stereocenters. The highest BCUT2D eigenvalue weighted by Crippen LogP contribution is 2.20. The van der Waals surface area contributed by atoms with Crippen molar-refractivity contribution in [3.63, 3.8) is 0 Å². The van der Waals surface area contributed by atoms with Crippen molar-refractivity contribution in [1.82, 2.24) is 19.6 Å². The molecule has 1 fully saturated rings. The van der Waals surface area contributed by atoms with Gasteiger partial charge in [-0.15, -0.1) is 0 Å². The van der Waals surface area contributed by atoms with Gasteiger partial charge in [0.05, 0.1) is 47.7 Å². The number of carbonyl (C=O) groups excluding carboxylic acids is 1. The number of amides is 1. The Bertz CT molecular complexity index is 878. The molecule has 25 heavy (non-hydrogen) atoms. The Balaban J connectivity index is 1.51. The van der Waals surface area contributed by atoms with Crippen molar-refractivity contribution < 1.29 is 9.53 Å². The summed E-state index contributed by atoms with van der Waals surface area (Å²) in [6.07, 6.45) is 6.03. The largest absolute Gasteiger partial charge is 0.379 e. The van der Waals surface area contributed by atoms with Crippen LogP contribution in [0.5, 0.6) is 0 Å². The minimum atomic E-state index is -0.193. The van der Waals surface area contributed by atoms with Crippen molar-refractivity contribution >= 4 is 11.6 Å². The molecule has 0 saturated carbocycles. The third-order valence-electron chi connectivity index (χ3n) is 4.39. The quantitative estimate of drug-likeness (QED) is 0.794. The van der Waals surface area contributed by atoms with Crippen molar-refractivity contribution in [1.29, 1.82) is 0 Å². The van der Waals surface area contributed by atoms with Crippen molar-refractivity contribution in [2.75, 3.05) is 18.5 Å². The van der Waals surface area contributed by atoms with E-state index in [0.29, 0.717) is 17.9 Å². The van der Waals surface area contributed by atoms with E-state index in [2.05, 4.69) is 15.5 Å². The van der Waals surface area contributed by atoms with Gasteiger partial charge in [-0.2, -0.15) is 10.2 Å². The molecule has 0 aliphatic carbocycles. The molecule has 0 radical (unpaired) electrons. The zero-order valence-electron chi connectivity index (χ0n) is 13.9. The summed E-state index contributed by atoms with van der Waals surface area (Å²) in [6, 6.07) is 9.98. The SMILES string of the molecule is Cc1c(C(=O)Nc2cnn([C@H]3CCOC3)c2)cnn1-c1ccccc1. The molecule has 7 nitrogen and oxygen atoms in total. The van der Waals surface area contributed by atoms with E-state index in [4.69, 9.17) is 4.74 Å². The van der Waals surface area contributed by atoms with Gasteiger partial charge in [-0.05, 0) is 25.5 Å². The minimum Gasteiger partial charge on any atom is -0.379 e. The van der Waals surface area contributed by atoms with Crippen molar-refractivity contribution in [3.8, 4) is 5.69 Å². The van der Waals surface area contributed by atoms with Gasteiger partial charge in [-0.1, -0.05) is 18.2 Å². The first-order valence-electron chi connectivity index (χ1n) is 8.25. The van der Waals surface area contributed by atoms with E-state index < -0.39 is 0 Å². The van der Waals surface area contributed by atoms with Crippen LogP contribution >= 0.6 is 0 Å². The molecule has 2 aromatic heterocycles. The third-order valence-corrected chi connectivity index (χ3v) is 4.39. The molecular formula is C18H19N5O2. The smallest absolute Gasteiger partial charge is 0.259 e. The van der Waals surface area contributed by atoms with E-state index in [-0.39, 0.29) is 11.9 Å². The van der Waals surface area contributed by atoms with Crippen LogP contribution in [0, 0.1) is 6.92 Å². The first kappa shape index (κ1) is 15.6. The lowest BCUT2D eigenvalue weighted by Gasteiger charge is -2.07. The molecule has 1 N–H and O–H groups in total. The molecule has 1 aromatic carbocycles. The van der Waals surface area contributed by atoms with E-state index in [1.807, 2.05) is 48.1 Å². The minimum absolute atomic E-state index is 0.193. The summed E-state index contributed by atoms with van der Waals surface area (Å²) in [5, 5.41) is 11.5. The van der Waals surface area contributed by atoms with Crippen molar-refractivity contribution in [2.24, 2.45) is 0 Å². The lowest BCUT2D eigenvalue weighted by molar-refractivity contribution is 0.102. The second-order valence-corrected chi connectivity index (χ2v) is 6.07. The lowest BCUT2D eigenvalue weighted by atomic mass is 10.2. The highest BCUT2D eigenvalue weighted by atomic mass is 16.5. The number of anilines is 1. The fraction of sp³-hybridized carbons (Fsp3) is 0.278. The van der Waals surface area contributed by atoms with Crippen LogP contribution < -0.4 is 5.32 Å². The fourth-order valence-corrected chi connectivity index (χ4v) is 2.99. The predicted molar refractivity (Wildman–Crippen MR) is 93.0 cm³/mol. The van der Waals surface area contributed by atoms with Crippen LogP contribution in [-0.2, 0) is 4.74 Å². The van der Waals surface area contributed by atoms with E-state index in [0.717, 1.165) is 24.4 Å². The third kappa shape index (κ3) is 3.06. The second kappa shape index (κ2) is 6.52. The van der Waals surface area contributed by atoms with Crippen LogP contribution in [-0.4, -0.2) is 38.7 Å². The topological polar surface area (TPSA) is 74.0 Å². The summed E-state index contributed by atoms with van der Waals surface area (Å²) in [6.45, 7) is 3.30. The zero-order chi connectivity index (χ0) is 17.2. The average molecular weight is 337 g/mol. The van der Waals surface area contributed by atoms with Gasteiger partial charge in [-0.3, -0.25) is 9.48 Å². The van der Waals surface area contributed by atoms with Gasteiger partial charge < -0.3 is 10.1 Å². The van der Waals surface area contributed by atoms with Crippen molar-refractivity contribution in [2.45, 2.75) is 19.4 Å². The Hall–Kier alpha value is -2.93. The molecule has 1 saturated heterocycles. The summed E-state index contributed by atoms with van der Waals surface area (Å²) in [7, 11) is 0. The van der Waals surface area contributed by atoms with Gasteiger partial charge in [0.15, 0.2) is 0 Å². The Morgan fingerprint density at radius 1 is 1.24 bits per heavy atom. The van der Waals surface area contributed by atoms with Gasteiger partial charge in [0.1, 0.15) is 0 Å². The number of nitrogens with zero attached hydrogens (tertiary/aromatic N) is 4. The molecule has 0 spiro atoms. The van der Waals surface area contributed by atoms with E-state index in [9.17, 15) is 4.79 Å². The van der Waals surface area contributed by atoms with Gasteiger partial charge in [0.2, 0.25) is 0 Å². The number of nitrogens with one attached hydrogen (secondary N) is 1. The summed E-state index contributed by atoms with van der Waals surface area (Å²) in [5.74, 6) is -0.193. The maximum atomic E-state index is 12.6. The normalized spacial score (nSPS) is 16.9. The molecule has 4 rings (SSSR count). The number of carbonyl (C=O) groups is 1. The summed E-state index contributed by atoms with van der Waals surface area (Å²) >= 11 is 0. The fourth-order valence-electron chi connectivity index (χ4n) is 2.99. The van der Waals surface area contributed by atoms with Crippen LogP contribution in [0.25, 0.3) is 5.69 Å². The molecule has 7 heteroatoms. The number of hydrogen-bond acceptors (Lipinski definition) is 4. The van der Waals surface area contributed by atoms with Gasteiger partial charge >= 0.3 is 0 Å². The average Bonchev–Trinajstić information content (AvgIpc) is 3.35. The summed E-state index contributed by atoms with van der Waals surface area (Å²) < 4.78 is 8.98.